The molecule has 0 bridgehead atoms. The Kier molecular flexibility index (Phi) is 3.63. The molecule has 0 spiro atoms. The molecule has 0 amide bonds. The van der Waals surface area contributed by atoms with Gasteiger partial charge in [-0.25, -0.2) is 0 Å². The quantitative estimate of drug-likeness (QED) is 0.793. The molecular formula is C12H13ClIN3. The molecule has 2 aromatic rings. The summed E-state index contributed by atoms with van der Waals surface area (Å²) in [6, 6.07) is 5.79. The summed E-state index contributed by atoms with van der Waals surface area (Å²) in [7, 11) is 0. The van der Waals surface area contributed by atoms with Gasteiger partial charge in [-0.2, -0.15) is 5.10 Å². The van der Waals surface area contributed by atoms with Crippen LogP contribution in [0, 0.1) is 3.57 Å². The molecule has 0 saturated carbocycles. The number of hydrogen-bond acceptors (Lipinski definition) is 2. The first-order valence-corrected chi connectivity index (χ1v) is 6.75. The maximum atomic E-state index is 6.04. The predicted molar refractivity (Wildman–Crippen MR) is 80.3 cm³/mol. The van der Waals surface area contributed by atoms with Gasteiger partial charge in [0.05, 0.1) is 5.69 Å². The Balaban J connectivity index is 2.64. The number of aromatic nitrogens is 2. The summed E-state index contributed by atoms with van der Waals surface area (Å²) in [6.07, 6.45) is 0. The van der Waals surface area contributed by atoms with E-state index in [-0.39, 0.29) is 0 Å². The Bertz CT molecular complexity index is 549. The number of anilines is 1. The molecule has 0 aliphatic rings. The van der Waals surface area contributed by atoms with Crippen molar-refractivity contribution in [2.75, 3.05) is 5.73 Å². The van der Waals surface area contributed by atoms with Crippen LogP contribution in [0.2, 0.25) is 5.02 Å². The number of H-pyrrole nitrogens is 1. The van der Waals surface area contributed by atoms with Gasteiger partial charge in [-0.05, 0) is 46.7 Å². The van der Waals surface area contributed by atoms with Crippen LogP contribution in [0.5, 0.6) is 0 Å². The van der Waals surface area contributed by atoms with E-state index in [0.29, 0.717) is 16.8 Å². The lowest BCUT2D eigenvalue weighted by Gasteiger charge is -2.09. The van der Waals surface area contributed by atoms with E-state index >= 15 is 0 Å². The number of nitrogens with zero attached hydrogens (tertiary/aromatic N) is 1. The van der Waals surface area contributed by atoms with Crippen LogP contribution in [0.25, 0.3) is 11.3 Å². The van der Waals surface area contributed by atoms with Crippen LogP contribution in [-0.4, -0.2) is 10.2 Å². The summed E-state index contributed by atoms with van der Waals surface area (Å²) in [4.78, 5) is 0. The van der Waals surface area contributed by atoms with Gasteiger partial charge in [-0.3, -0.25) is 5.10 Å². The highest BCUT2D eigenvalue weighted by atomic mass is 127. The average molecular weight is 362 g/mol. The van der Waals surface area contributed by atoms with Crippen molar-refractivity contribution < 1.29 is 0 Å². The molecule has 90 valence electrons. The van der Waals surface area contributed by atoms with E-state index in [1.54, 1.807) is 0 Å². The Morgan fingerprint density at radius 3 is 2.76 bits per heavy atom. The van der Waals surface area contributed by atoms with Crippen LogP contribution in [0.4, 0.5) is 5.82 Å². The Hall–Kier alpha value is -0.750. The van der Waals surface area contributed by atoms with E-state index in [4.69, 9.17) is 17.3 Å². The van der Waals surface area contributed by atoms with Gasteiger partial charge in [0.2, 0.25) is 0 Å². The minimum Gasteiger partial charge on any atom is -0.382 e. The van der Waals surface area contributed by atoms with Crippen molar-refractivity contribution in [3.63, 3.8) is 0 Å². The first kappa shape index (κ1) is 12.7. The summed E-state index contributed by atoms with van der Waals surface area (Å²) >= 11 is 8.32. The number of hydrogen-bond donors (Lipinski definition) is 2. The van der Waals surface area contributed by atoms with Crippen molar-refractivity contribution in [1.82, 2.24) is 10.2 Å². The summed E-state index contributed by atoms with van der Waals surface area (Å²) in [5.74, 6) is 0.879. The molecule has 0 radical (unpaired) electrons. The summed E-state index contributed by atoms with van der Waals surface area (Å²) in [5.41, 5.74) is 8.95. The Morgan fingerprint density at radius 2 is 2.12 bits per heavy atom. The molecule has 3 N–H and O–H groups in total. The molecule has 5 heteroatoms. The number of benzene rings is 1. The first-order chi connectivity index (χ1) is 8.00. The smallest absolute Gasteiger partial charge is 0.149 e. The maximum absolute atomic E-state index is 6.04. The number of nitrogens with one attached hydrogen (secondary N) is 1. The first-order valence-electron chi connectivity index (χ1n) is 5.30. The Labute approximate surface area is 119 Å². The summed E-state index contributed by atoms with van der Waals surface area (Å²) in [5, 5.41) is 7.80. The van der Waals surface area contributed by atoms with Crippen LogP contribution >= 0.6 is 34.2 Å². The Morgan fingerprint density at radius 1 is 1.41 bits per heavy atom. The van der Waals surface area contributed by atoms with Gasteiger partial charge in [0.25, 0.3) is 0 Å². The third-order valence-corrected chi connectivity index (χ3v) is 3.78. The third kappa shape index (κ3) is 2.42. The standard InChI is InChI=1S/C12H13ClIN3/c1-6(2)10-11(16-17-12(10)15)8-5-7(13)3-4-9(8)14/h3-6H,1-2H3,(H3,15,16,17). The van der Waals surface area contributed by atoms with Gasteiger partial charge in [-0.15, -0.1) is 0 Å². The molecule has 0 aliphatic carbocycles. The summed E-state index contributed by atoms with van der Waals surface area (Å²) < 4.78 is 1.12. The van der Waals surface area contributed by atoms with Crippen LogP contribution in [0.3, 0.4) is 0 Å². The molecule has 0 aliphatic heterocycles. The summed E-state index contributed by atoms with van der Waals surface area (Å²) in [6.45, 7) is 4.20. The van der Waals surface area contributed by atoms with Crippen LogP contribution in [0.15, 0.2) is 18.2 Å². The fourth-order valence-electron chi connectivity index (χ4n) is 1.84. The van der Waals surface area contributed by atoms with Gasteiger partial charge in [0.15, 0.2) is 0 Å². The largest absolute Gasteiger partial charge is 0.382 e. The molecule has 17 heavy (non-hydrogen) atoms. The van der Waals surface area contributed by atoms with Crippen LogP contribution in [-0.2, 0) is 0 Å². The van der Waals surface area contributed by atoms with Crippen LogP contribution in [0.1, 0.15) is 25.3 Å². The van der Waals surface area contributed by atoms with Crippen molar-refractivity contribution in [3.8, 4) is 11.3 Å². The third-order valence-electron chi connectivity index (χ3n) is 2.61. The minimum atomic E-state index is 0.318. The van der Waals surface area contributed by atoms with Crippen molar-refractivity contribution in [3.05, 3.63) is 32.4 Å². The van der Waals surface area contributed by atoms with Crippen molar-refractivity contribution in [2.45, 2.75) is 19.8 Å². The van der Waals surface area contributed by atoms with Gasteiger partial charge in [0, 0.05) is 19.7 Å². The lowest BCUT2D eigenvalue weighted by molar-refractivity contribution is 0.873. The number of aromatic amines is 1. The predicted octanol–water partition coefficient (Wildman–Crippen LogP) is 4.04. The van der Waals surface area contributed by atoms with Crippen molar-refractivity contribution in [2.24, 2.45) is 0 Å². The number of rotatable bonds is 2. The molecule has 1 aromatic carbocycles. The normalized spacial score (nSPS) is 11.1. The molecule has 2 rings (SSSR count). The van der Waals surface area contributed by atoms with Gasteiger partial charge < -0.3 is 5.73 Å². The van der Waals surface area contributed by atoms with E-state index in [0.717, 1.165) is 20.4 Å². The molecule has 3 nitrogen and oxygen atoms in total. The SMILES string of the molecule is CC(C)c1c(N)n[nH]c1-c1cc(Cl)ccc1I. The highest BCUT2D eigenvalue weighted by Gasteiger charge is 2.17. The number of halogens is 2. The second kappa shape index (κ2) is 4.86. The molecule has 0 unspecified atom stereocenters. The van der Waals surface area contributed by atoms with E-state index in [1.807, 2.05) is 18.2 Å². The highest BCUT2D eigenvalue weighted by Crippen LogP contribution is 2.34. The van der Waals surface area contributed by atoms with Crippen molar-refractivity contribution >= 4 is 40.0 Å². The van der Waals surface area contributed by atoms with E-state index in [1.165, 1.54) is 0 Å². The lowest BCUT2D eigenvalue weighted by atomic mass is 9.99. The fraction of sp³-hybridized carbons (Fsp3) is 0.250. The van der Waals surface area contributed by atoms with Gasteiger partial charge in [0.1, 0.15) is 5.82 Å². The maximum Gasteiger partial charge on any atom is 0.149 e. The molecule has 1 aromatic heterocycles. The van der Waals surface area contributed by atoms with Gasteiger partial charge >= 0.3 is 0 Å². The average Bonchev–Trinajstić information content (AvgIpc) is 2.64. The molecule has 1 heterocycles. The minimum absolute atomic E-state index is 0.318. The van der Waals surface area contributed by atoms with E-state index in [2.05, 4.69) is 46.6 Å². The zero-order valence-electron chi connectivity index (χ0n) is 9.59. The number of nitrogens with two attached hydrogens (primary N) is 1. The zero-order valence-corrected chi connectivity index (χ0v) is 12.5. The molecular weight excluding hydrogens is 349 g/mol. The molecule has 0 atom stereocenters. The van der Waals surface area contributed by atoms with Gasteiger partial charge in [-0.1, -0.05) is 25.4 Å². The lowest BCUT2D eigenvalue weighted by Crippen LogP contribution is -1.96. The monoisotopic (exact) mass is 361 g/mol. The van der Waals surface area contributed by atoms with E-state index < -0.39 is 0 Å². The molecule has 0 fully saturated rings. The van der Waals surface area contributed by atoms with Crippen LogP contribution < -0.4 is 5.73 Å². The fourth-order valence-corrected chi connectivity index (χ4v) is 2.62. The topological polar surface area (TPSA) is 54.7 Å². The zero-order chi connectivity index (χ0) is 12.6. The van der Waals surface area contributed by atoms with Crippen molar-refractivity contribution in [1.29, 1.82) is 0 Å². The number of nitrogen functional groups attached to an aromatic ring is 1. The second-order valence-corrected chi connectivity index (χ2v) is 5.78. The second-order valence-electron chi connectivity index (χ2n) is 4.18. The molecule has 0 saturated heterocycles. The van der Waals surface area contributed by atoms with E-state index in [9.17, 15) is 0 Å². The highest BCUT2D eigenvalue weighted by molar-refractivity contribution is 14.1.